The van der Waals surface area contributed by atoms with Crippen LogP contribution in [-0.2, 0) is 19.1 Å². The quantitative estimate of drug-likeness (QED) is 0.721. The third-order valence-electron chi connectivity index (χ3n) is 6.69. The number of carbonyl (C=O) groups excluding carboxylic acids is 3. The van der Waals surface area contributed by atoms with E-state index < -0.39 is 11.9 Å². The predicted octanol–water partition coefficient (Wildman–Crippen LogP) is 2.29. The van der Waals surface area contributed by atoms with Gasteiger partial charge in [0.05, 0.1) is 5.92 Å². The number of amides is 2. The van der Waals surface area contributed by atoms with Gasteiger partial charge in [0.25, 0.3) is 5.91 Å². The van der Waals surface area contributed by atoms with Crippen molar-refractivity contribution in [2.24, 2.45) is 17.8 Å². The van der Waals surface area contributed by atoms with Crippen molar-refractivity contribution in [2.75, 3.05) is 31.3 Å². The summed E-state index contributed by atoms with van der Waals surface area (Å²) in [6, 6.07) is 5.41. The molecule has 1 aliphatic carbocycles. The number of nitrogens with one attached hydrogen (secondary N) is 1. The fourth-order valence-electron chi connectivity index (χ4n) is 4.60. The molecule has 4 atom stereocenters. The van der Waals surface area contributed by atoms with E-state index in [9.17, 15) is 14.4 Å². The summed E-state index contributed by atoms with van der Waals surface area (Å²) in [5, 5.41) is 3.00. The highest BCUT2D eigenvalue weighted by Gasteiger charge is 2.37. The molecular formula is C23H30N2O6. The van der Waals surface area contributed by atoms with Crippen molar-refractivity contribution in [3.05, 3.63) is 18.2 Å². The molecule has 1 aromatic rings. The maximum absolute atomic E-state index is 12.5. The summed E-state index contributed by atoms with van der Waals surface area (Å²) < 4.78 is 16.3. The standard InChI is InChI=1S/C23H30N2O6/c1-14-4-3-5-18(15(14)2)24-21(26)13-31-23(28)16-10-22(27)25(12-16)17-6-7-19-20(11-17)30-9-8-29-19/h6-7,11,14-16,18H,3-5,8-10,12-13H2,1-2H3,(H,24,26)/t14-,15-,16+,18+/m1/s1. The highest BCUT2D eigenvalue weighted by Crippen LogP contribution is 2.36. The van der Waals surface area contributed by atoms with E-state index in [2.05, 4.69) is 19.2 Å². The number of hydrogen-bond donors (Lipinski definition) is 1. The third kappa shape index (κ3) is 4.78. The lowest BCUT2D eigenvalue weighted by molar-refractivity contribution is -0.152. The van der Waals surface area contributed by atoms with Crippen LogP contribution in [0.4, 0.5) is 5.69 Å². The van der Waals surface area contributed by atoms with Gasteiger partial charge in [-0.25, -0.2) is 0 Å². The van der Waals surface area contributed by atoms with Crippen LogP contribution in [0.5, 0.6) is 11.5 Å². The Kier molecular flexibility index (Phi) is 6.34. The molecule has 2 heterocycles. The van der Waals surface area contributed by atoms with E-state index in [1.54, 1.807) is 23.1 Å². The van der Waals surface area contributed by atoms with Crippen LogP contribution in [0.15, 0.2) is 18.2 Å². The molecule has 168 valence electrons. The zero-order valence-corrected chi connectivity index (χ0v) is 18.1. The average molecular weight is 431 g/mol. The van der Waals surface area contributed by atoms with Crippen molar-refractivity contribution in [3.8, 4) is 11.5 Å². The van der Waals surface area contributed by atoms with Gasteiger partial charge in [-0.15, -0.1) is 0 Å². The molecule has 8 heteroatoms. The minimum atomic E-state index is -0.595. The molecule has 31 heavy (non-hydrogen) atoms. The number of nitrogens with zero attached hydrogens (tertiary/aromatic N) is 1. The van der Waals surface area contributed by atoms with E-state index in [1.165, 1.54) is 6.42 Å². The Hall–Kier alpha value is -2.77. The van der Waals surface area contributed by atoms with Gasteiger partial charge in [0.1, 0.15) is 13.2 Å². The SMILES string of the molecule is C[C@@H]1[C@H](C)CCC[C@@H]1NC(=O)COC(=O)[C@H]1CC(=O)N(c2ccc3c(c2)OCCO3)C1. The van der Waals surface area contributed by atoms with E-state index in [4.69, 9.17) is 14.2 Å². The first-order valence-electron chi connectivity index (χ1n) is 11.1. The third-order valence-corrected chi connectivity index (χ3v) is 6.69. The topological polar surface area (TPSA) is 94.2 Å². The van der Waals surface area contributed by atoms with Gasteiger partial charge < -0.3 is 24.4 Å². The molecule has 4 rings (SSSR count). The molecule has 2 fully saturated rings. The van der Waals surface area contributed by atoms with Gasteiger partial charge in [-0.2, -0.15) is 0 Å². The van der Waals surface area contributed by atoms with Gasteiger partial charge in [-0.3, -0.25) is 14.4 Å². The van der Waals surface area contributed by atoms with E-state index in [0.29, 0.717) is 42.2 Å². The zero-order chi connectivity index (χ0) is 22.0. The molecule has 2 aliphatic heterocycles. The second-order valence-corrected chi connectivity index (χ2v) is 8.78. The molecule has 1 N–H and O–H groups in total. The molecule has 8 nitrogen and oxygen atoms in total. The number of ether oxygens (including phenoxy) is 3. The normalized spacial score (nSPS) is 27.7. The first-order valence-corrected chi connectivity index (χ1v) is 11.1. The number of hydrogen-bond acceptors (Lipinski definition) is 6. The summed E-state index contributed by atoms with van der Waals surface area (Å²) in [7, 11) is 0. The first kappa shape index (κ1) is 21.5. The molecule has 0 radical (unpaired) electrons. The van der Waals surface area contributed by atoms with Crippen LogP contribution < -0.4 is 19.7 Å². The lowest BCUT2D eigenvalue weighted by atomic mass is 9.78. The maximum atomic E-state index is 12.5. The second kappa shape index (κ2) is 9.16. The highest BCUT2D eigenvalue weighted by molar-refractivity contribution is 5.99. The number of rotatable bonds is 5. The fourth-order valence-corrected chi connectivity index (χ4v) is 4.60. The highest BCUT2D eigenvalue weighted by atomic mass is 16.6. The van der Waals surface area contributed by atoms with Crippen LogP contribution in [-0.4, -0.2) is 50.2 Å². The molecule has 0 bridgehead atoms. The Bertz CT molecular complexity index is 856. The Morgan fingerprint density at radius 1 is 1.16 bits per heavy atom. The molecule has 3 aliphatic rings. The Balaban J connectivity index is 1.29. The molecule has 1 saturated heterocycles. The second-order valence-electron chi connectivity index (χ2n) is 8.78. The minimum absolute atomic E-state index is 0.0616. The molecule has 1 aromatic carbocycles. The largest absolute Gasteiger partial charge is 0.486 e. The molecule has 0 aromatic heterocycles. The van der Waals surface area contributed by atoms with E-state index in [-0.39, 0.29) is 37.4 Å². The van der Waals surface area contributed by atoms with Crippen LogP contribution in [0.2, 0.25) is 0 Å². The van der Waals surface area contributed by atoms with Crippen LogP contribution >= 0.6 is 0 Å². The van der Waals surface area contributed by atoms with Crippen LogP contribution in [0.1, 0.15) is 39.5 Å². The minimum Gasteiger partial charge on any atom is -0.486 e. The molecule has 1 saturated carbocycles. The van der Waals surface area contributed by atoms with Crippen LogP contribution in [0.3, 0.4) is 0 Å². The van der Waals surface area contributed by atoms with E-state index >= 15 is 0 Å². The average Bonchev–Trinajstić information content (AvgIpc) is 3.16. The van der Waals surface area contributed by atoms with Gasteiger partial charge in [0.2, 0.25) is 5.91 Å². The first-order chi connectivity index (χ1) is 14.9. The van der Waals surface area contributed by atoms with Crippen LogP contribution in [0, 0.1) is 17.8 Å². The van der Waals surface area contributed by atoms with Gasteiger partial charge in [-0.1, -0.05) is 26.7 Å². The number of benzene rings is 1. The smallest absolute Gasteiger partial charge is 0.311 e. The molecule has 2 amide bonds. The molecule has 0 unspecified atom stereocenters. The van der Waals surface area contributed by atoms with E-state index in [1.807, 2.05) is 0 Å². The lowest BCUT2D eigenvalue weighted by Crippen LogP contribution is -2.45. The van der Waals surface area contributed by atoms with Gasteiger partial charge >= 0.3 is 5.97 Å². The number of esters is 1. The fraction of sp³-hybridized carbons (Fsp3) is 0.609. The van der Waals surface area contributed by atoms with Crippen LogP contribution in [0.25, 0.3) is 0 Å². The number of carbonyl (C=O) groups is 3. The van der Waals surface area contributed by atoms with E-state index in [0.717, 1.165) is 12.8 Å². The van der Waals surface area contributed by atoms with Gasteiger partial charge in [0, 0.05) is 30.8 Å². The number of anilines is 1. The van der Waals surface area contributed by atoms with Crippen molar-refractivity contribution in [1.82, 2.24) is 5.32 Å². The Labute approximate surface area is 182 Å². The maximum Gasteiger partial charge on any atom is 0.311 e. The summed E-state index contributed by atoms with van der Waals surface area (Å²) in [6.45, 7) is 5.21. The summed E-state index contributed by atoms with van der Waals surface area (Å²) in [5.41, 5.74) is 0.655. The monoisotopic (exact) mass is 430 g/mol. The van der Waals surface area contributed by atoms with Crippen molar-refractivity contribution >= 4 is 23.5 Å². The van der Waals surface area contributed by atoms with Crippen molar-refractivity contribution in [1.29, 1.82) is 0 Å². The molecule has 0 spiro atoms. The Morgan fingerprint density at radius 3 is 2.74 bits per heavy atom. The van der Waals surface area contributed by atoms with Gasteiger partial charge in [0.15, 0.2) is 18.1 Å². The summed E-state index contributed by atoms with van der Waals surface area (Å²) in [5.74, 6) is 0.644. The Morgan fingerprint density at radius 2 is 1.94 bits per heavy atom. The zero-order valence-electron chi connectivity index (χ0n) is 18.1. The summed E-state index contributed by atoms with van der Waals surface area (Å²) >= 11 is 0. The molecular weight excluding hydrogens is 400 g/mol. The van der Waals surface area contributed by atoms with Crippen molar-refractivity contribution < 1.29 is 28.6 Å². The predicted molar refractivity (Wildman–Crippen MR) is 113 cm³/mol. The lowest BCUT2D eigenvalue weighted by Gasteiger charge is -2.34. The summed E-state index contributed by atoms with van der Waals surface area (Å²) in [4.78, 5) is 38.8. The summed E-state index contributed by atoms with van der Waals surface area (Å²) in [6.07, 6.45) is 3.28. The van der Waals surface area contributed by atoms with Crippen molar-refractivity contribution in [3.63, 3.8) is 0 Å². The number of fused-ring (bicyclic) bond motifs is 1. The van der Waals surface area contributed by atoms with Crippen molar-refractivity contribution in [2.45, 2.75) is 45.6 Å². The van der Waals surface area contributed by atoms with Gasteiger partial charge in [-0.05, 0) is 30.4 Å².